The molecule has 1 aliphatic rings. The molecule has 7 heteroatoms. The lowest BCUT2D eigenvalue weighted by atomic mass is 10.1. The molecular weight excluding hydrogens is 336 g/mol. The summed E-state index contributed by atoms with van der Waals surface area (Å²) in [5.74, 6) is 1.10. The van der Waals surface area contributed by atoms with Gasteiger partial charge in [0.25, 0.3) is 0 Å². The second kappa shape index (κ2) is 7.82. The SMILES string of the molecule is Cl.Cn1ccnc1C1CNCCN1Cc1cc(-c2ccccc2)n[nH]1. The van der Waals surface area contributed by atoms with Gasteiger partial charge in [-0.25, -0.2) is 4.98 Å². The smallest absolute Gasteiger partial charge is 0.127 e. The molecule has 25 heavy (non-hydrogen) atoms. The minimum absolute atomic E-state index is 0. The van der Waals surface area contributed by atoms with E-state index in [1.165, 1.54) is 0 Å². The van der Waals surface area contributed by atoms with Gasteiger partial charge in [-0.1, -0.05) is 30.3 Å². The molecular formula is C18H23ClN6. The summed E-state index contributed by atoms with van der Waals surface area (Å²) in [7, 11) is 2.05. The Labute approximate surface area is 153 Å². The summed E-state index contributed by atoms with van der Waals surface area (Å²) in [6.07, 6.45) is 3.87. The highest BCUT2D eigenvalue weighted by Crippen LogP contribution is 2.24. The van der Waals surface area contributed by atoms with E-state index in [-0.39, 0.29) is 18.4 Å². The summed E-state index contributed by atoms with van der Waals surface area (Å²) >= 11 is 0. The highest BCUT2D eigenvalue weighted by atomic mass is 35.5. The Kier molecular flexibility index (Phi) is 5.53. The maximum atomic E-state index is 4.54. The number of nitrogens with one attached hydrogen (secondary N) is 2. The molecule has 1 fully saturated rings. The zero-order valence-corrected chi connectivity index (χ0v) is 15.0. The molecule has 0 bridgehead atoms. The van der Waals surface area contributed by atoms with Crippen LogP contribution in [0.4, 0.5) is 0 Å². The van der Waals surface area contributed by atoms with Crippen LogP contribution in [0.5, 0.6) is 0 Å². The zero-order chi connectivity index (χ0) is 16.4. The number of rotatable bonds is 4. The van der Waals surface area contributed by atoms with Crippen molar-refractivity contribution < 1.29 is 0 Å². The molecule has 1 unspecified atom stereocenters. The minimum atomic E-state index is 0. The fourth-order valence-electron chi connectivity index (χ4n) is 3.31. The molecule has 2 aromatic heterocycles. The van der Waals surface area contributed by atoms with Gasteiger partial charge < -0.3 is 9.88 Å². The van der Waals surface area contributed by atoms with Gasteiger partial charge in [0.15, 0.2) is 0 Å². The highest BCUT2D eigenvalue weighted by Gasteiger charge is 2.27. The summed E-state index contributed by atoms with van der Waals surface area (Å²) in [4.78, 5) is 7.00. The van der Waals surface area contributed by atoms with Crippen molar-refractivity contribution in [3.63, 3.8) is 0 Å². The molecule has 1 saturated heterocycles. The van der Waals surface area contributed by atoms with Crippen molar-refractivity contribution in [2.75, 3.05) is 19.6 Å². The Balaban J connectivity index is 0.00000182. The van der Waals surface area contributed by atoms with Crippen LogP contribution in [0.25, 0.3) is 11.3 Å². The Morgan fingerprint density at radius 2 is 2.08 bits per heavy atom. The zero-order valence-electron chi connectivity index (χ0n) is 14.2. The molecule has 3 aromatic rings. The maximum absolute atomic E-state index is 4.54. The number of aromatic nitrogens is 4. The van der Waals surface area contributed by atoms with E-state index in [0.717, 1.165) is 49.0 Å². The first-order valence-electron chi connectivity index (χ1n) is 8.33. The standard InChI is InChI=1S/C18H22N6.ClH/c1-23-9-8-20-18(23)17-12-19-7-10-24(17)13-15-11-16(22-21-15)14-5-3-2-4-6-14;/h2-6,8-9,11,17,19H,7,10,12-13H2,1H3,(H,21,22);1H. The topological polar surface area (TPSA) is 61.8 Å². The van der Waals surface area contributed by atoms with Crippen molar-refractivity contribution in [3.05, 3.63) is 60.3 Å². The first-order chi connectivity index (χ1) is 11.8. The van der Waals surface area contributed by atoms with Crippen molar-refractivity contribution in [2.24, 2.45) is 7.05 Å². The van der Waals surface area contributed by atoms with Crippen LogP contribution in [0.2, 0.25) is 0 Å². The van der Waals surface area contributed by atoms with Crippen molar-refractivity contribution >= 4 is 12.4 Å². The van der Waals surface area contributed by atoms with Crippen LogP contribution >= 0.6 is 12.4 Å². The van der Waals surface area contributed by atoms with Gasteiger partial charge in [0.1, 0.15) is 5.82 Å². The molecule has 1 atom stereocenters. The van der Waals surface area contributed by atoms with E-state index in [0.29, 0.717) is 0 Å². The van der Waals surface area contributed by atoms with Gasteiger partial charge in [-0.3, -0.25) is 10.00 Å². The van der Waals surface area contributed by atoms with E-state index in [4.69, 9.17) is 0 Å². The van der Waals surface area contributed by atoms with E-state index in [1.54, 1.807) is 0 Å². The molecule has 1 aliphatic heterocycles. The van der Waals surface area contributed by atoms with Crippen LogP contribution in [-0.4, -0.2) is 44.3 Å². The predicted octanol–water partition coefficient (Wildman–Crippen LogP) is 2.38. The monoisotopic (exact) mass is 358 g/mol. The summed E-state index contributed by atoms with van der Waals surface area (Å²) in [5, 5.41) is 11.1. The summed E-state index contributed by atoms with van der Waals surface area (Å²) in [6.45, 7) is 3.77. The molecule has 0 radical (unpaired) electrons. The third-order valence-corrected chi connectivity index (χ3v) is 4.58. The largest absolute Gasteiger partial charge is 0.337 e. The number of hydrogen-bond donors (Lipinski definition) is 2. The number of halogens is 1. The van der Waals surface area contributed by atoms with Crippen LogP contribution in [0.15, 0.2) is 48.8 Å². The number of H-pyrrole nitrogens is 1. The number of nitrogens with zero attached hydrogens (tertiary/aromatic N) is 4. The number of aryl methyl sites for hydroxylation is 1. The number of aromatic amines is 1. The van der Waals surface area contributed by atoms with Gasteiger partial charge in [0.2, 0.25) is 0 Å². The average Bonchev–Trinajstić information content (AvgIpc) is 3.25. The second-order valence-electron chi connectivity index (χ2n) is 6.23. The van der Waals surface area contributed by atoms with Crippen molar-refractivity contribution in [1.29, 1.82) is 0 Å². The molecule has 4 rings (SSSR count). The quantitative estimate of drug-likeness (QED) is 0.751. The van der Waals surface area contributed by atoms with E-state index in [9.17, 15) is 0 Å². The summed E-state index contributed by atoms with van der Waals surface area (Å²) in [6, 6.07) is 12.7. The van der Waals surface area contributed by atoms with Crippen LogP contribution in [0, 0.1) is 0 Å². The van der Waals surface area contributed by atoms with Gasteiger partial charge in [-0.05, 0) is 6.07 Å². The van der Waals surface area contributed by atoms with Crippen LogP contribution < -0.4 is 5.32 Å². The maximum Gasteiger partial charge on any atom is 0.127 e. The normalized spacial score (nSPS) is 18.0. The van der Waals surface area contributed by atoms with E-state index in [1.807, 2.05) is 30.6 Å². The van der Waals surface area contributed by atoms with Crippen molar-refractivity contribution in [3.8, 4) is 11.3 Å². The Bertz CT molecular complexity index is 797. The lowest BCUT2D eigenvalue weighted by Gasteiger charge is -2.35. The minimum Gasteiger partial charge on any atom is -0.337 e. The molecule has 0 saturated carbocycles. The first-order valence-corrected chi connectivity index (χ1v) is 8.33. The predicted molar refractivity (Wildman–Crippen MR) is 101 cm³/mol. The van der Waals surface area contributed by atoms with Crippen LogP contribution in [0.3, 0.4) is 0 Å². The molecule has 3 heterocycles. The number of hydrogen-bond acceptors (Lipinski definition) is 4. The molecule has 0 spiro atoms. The van der Waals surface area contributed by atoms with Gasteiger partial charge >= 0.3 is 0 Å². The molecule has 1 aromatic carbocycles. The van der Waals surface area contributed by atoms with Crippen LogP contribution in [0.1, 0.15) is 17.6 Å². The van der Waals surface area contributed by atoms with Gasteiger partial charge in [0.05, 0.1) is 11.7 Å². The number of piperazine rings is 1. The number of benzene rings is 1. The first kappa shape index (κ1) is 17.7. The van der Waals surface area contributed by atoms with Gasteiger partial charge in [-0.2, -0.15) is 5.10 Å². The van der Waals surface area contributed by atoms with Crippen LogP contribution in [-0.2, 0) is 13.6 Å². The Morgan fingerprint density at radius 3 is 2.84 bits per heavy atom. The average molecular weight is 359 g/mol. The van der Waals surface area contributed by atoms with E-state index >= 15 is 0 Å². The number of imidazole rings is 1. The second-order valence-corrected chi connectivity index (χ2v) is 6.23. The van der Waals surface area contributed by atoms with Gasteiger partial charge in [0, 0.05) is 56.9 Å². The third kappa shape index (κ3) is 3.76. The van der Waals surface area contributed by atoms with E-state index in [2.05, 4.69) is 55.2 Å². The fraction of sp³-hybridized carbons (Fsp3) is 0.333. The lowest BCUT2D eigenvalue weighted by molar-refractivity contribution is 0.143. The fourth-order valence-corrected chi connectivity index (χ4v) is 3.31. The summed E-state index contributed by atoms with van der Waals surface area (Å²) < 4.78 is 2.10. The summed E-state index contributed by atoms with van der Waals surface area (Å²) in [5.41, 5.74) is 3.27. The molecule has 6 nitrogen and oxygen atoms in total. The molecule has 0 aliphatic carbocycles. The van der Waals surface area contributed by atoms with Crippen molar-refractivity contribution in [2.45, 2.75) is 12.6 Å². The third-order valence-electron chi connectivity index (χ3n) is 4.58. The van der Waals surface area contributed by atoms with E-state index < -0.39 is 0 Å². The van der Waals surface area contributed by atoms with Gasteiger partial charge in [-0.15, -0.1) is 12.4 Å². The Morgan fingerprint density at radius 1 is 1.24 bits per heavy atom. The molecule has 0 amide bonds. The molecule has 2 N–H and O–H groups in total. The lowest BCUT2D eigenvalue weighted by Crippen LogP contribution is -2.46. The molecule has 132 valence electrons. The van der Waals surface area contributed by atoms with Crippen molar-refractivity contribution in [1.82, 2.24) is 30.0 Å². The Hall–Kier alpha value is -2.15. The highest BCUT2D eigenvalue weighted by molar-refractivity contribution is 5.85.